The number of rotatable bonds is 9. The van der Waals surface area contributed by atoms with E-state index in [1.54, 1.807) is 0 Å². The molecule has 0 aromatic heterocycles. The molecule has 0 N–H and O–H groups in total. The molecule has 0 amide bonds. The van der Waals surface area contributed by atoms with Gasteiger partial charge in [-0.1, -0.05) is 226 Å². The SMILES string of the molecule is CC1(C)c2cc(-c3ccc(-c4ccccc4)cc3)ccc2-c2ccc(N(c3ccc(-c4ccc(-c5ccccc5)cc4)cc3)c3ccccc3-c3ccc(-c4ccccc4)cc3)cc21. The molecule has 0 heterocycles. The van der Waals surface area contributed by atoms with E-state index in [1.165, 1.54) is 89.0 Å². The van der Waals surface area contributed by atoms with Crippen molar-refractivity contribution in [2.45, 2.75) is 19.3 Å². The lowest BCUT2D eigenvalue weighted by Gasteiger charge is -2.30. The Bertz CT molecular complexity index is 3220. The fourth-order valence-corrected chi connectivity index (χ4v) is 9.63. The van der Waals surface area contributed by atoms with Crippen molar-refractivity contribution in [2.75, 3.05) is 4.90 Å². The Balaban J connectivity index is 0.976. The standard InChI is InChI=1S/C63H47N/c1-63(2)60-42-54(52-28-26-48(27-29-52)45-16-8-4-9-17-45)36-40-58(60)59-41-39-56(43-61(59)63)64(55-37-34-51(35-38-55)50-24-22-47(23-25-50)44-14-6-3-7-15-44)62-21-13-12-20-57(62)53-32-30-49(31-33-53)46-18-10-5-11-19-46/h3-43H,1-2H3. The second kappa shape index (κ2) is 16.4. The minimum atomic E-state index is -0.213. The molecule has 0 aliphatic heterocycles. The normalized spacial score (nSPS) is 12.3. The maximum absolute atomic E-state index is 2.45. The predicted molar refractivity (Wildman–Crippen MR) is 271 cm³/mol. The summed E-state index contributed by atoms with van der Waals surface area (Å²) in [6.45, 7) is 4.77. The van der Waals surface area contributed by atoms with Gasteiger partial charge < -0.3 is 4.90 Å². The third-order valence-electron chi connectivity index (χ3n) is 13.1. The summed E-state index contributed by atoms with van der Waals surface area (Å²) in [5.74, 6) is 0. The lowest BCUT2D eigenvalue weighted by molar-refractivity contribution is 0.660. The van der Waals surface area contributed by atoms with E-state index in [1.807, 2.05) is 0 Å². The third kappa shape index (κ3) is 7.21. The fourth-order valence-electron chi connectivity index (χ4n) is 9.63. The molecule has 0 saturated carbocycles. The molecule has 11 rings (SSSR count). The summed E-state index contributed by atoms with van der Waals surface area (Å²) in [6.07, 6.45) is 0. The minimum absolute atomic E-state index is 0.213. The van der Waals surface area contributed by atoms with Crippen LogP contribution in [0.4, 0.5) is 17.1 Å². The quantitative estimate of drug-likeness (QED) is 0.140. The number of hydrogen-bond donors (Lipinski definition) is 0. The number of para-hydroxylation sites is 1. The maximum Gasteiger partial charge on any atom is 0.0540 e. The second-order valence-corrected chi connectivity index (χ2v) is 17.3. The predicted octanol–water partition coefficient (Wildman–Crippen LogP) is 17.5. The molecule has 64 heavy (non-hydrogen) atoms. The highest BCUT2D eigenvalue weighted by Crippen LogP contribution is 2.52. The van der Waals surface area contributed by atoms with E-state index in [0.717, 1.165) is 17.1 Å². The van der Waals surface area contributed by atoms with E-state index < -0.39 is 0 Å². The molecule has 0 unspecified atom stereocenters. The van der Waals surface area contributed by atoms with Crippen LogP contribution in [0.1, 0.15) is 25.0 Å². The van der Waals surface area contributed by atoms with Gasteiger partial charge in [0.2, 0.25) is 0 Å². The molecular weight excluding hydrogens is 771 g/mol. The lowest BCUT2D eigenvalue weighted by atomic mass is 9.81. The zero-order valence-corrected chi connectivity index (χ0v) is 36.1. The van der Waals surface area contributed by atoms with Crippen LogP contribution in [0.3, 0.4) is 0 Å². The Labute approximate surface area is 377 Å². The van der Waals surface area contributed by atoms with Crippen LogP contribution in [0.2, 0.25) is 0 Å². The Morgan fingerprint density at radius 3 is 1.06 bits per heavy atom. The minimum Gasteiger partial charge on any atom is -0.310 e. The van der Waals surface area contributed by atoms with Crippen molar-refractivity contribution >= 4 is 17.1 Å². The summed E-state index contributed by atoms with van der Waals surface area (Å²) in [5.41, 5.74) is 23.0. The van der Waals surface area contributed by atoms with Gasteiger partial charge in [0.15, 0.2) is 0 Å². The molecule has 304 valence electrons. The summed E-state index contributed by atoms with van der Waals surface area (Å²) in [5, 5.41) is 0. The van der Waals surface area contributed by atoms with Crippen molar-refractivity contribution in [3.8, 4) is 77.9 Å². The number of anilines is 3. The summed E-state index contributed by atoms with van der Waals surface area (Å²) in [4.78, 5) is 2.45. The van der Waals surface area contributed by atoms with Crippen LogP contribution in [0.25, 0.3) is 77.9 Å². The molecule has 1 aliphatic carbocycles. The Morgan fingerprint density at radius 2 is 0.578 bits per heavy atom. The number of nitrogens with zero attached hydrogens (tertiary/aromatic N) is 1. The third-order valence-corrected chi connectivity index (χ3v) is 13.1. The molecule has 10 aromatic carbocycles. The van der Waals surface area contributed by atoms with E-state index in [9.17, 15) is 0 Å². The van der Waals surface area contributed by atoms with E-state index in [4.69, 9.17) is 0 Å². The zero-order valence-electron chi connectivity index (χ0n) is 36.1. The van der Waals surface area contributed by atoms with Crippen LogP contribution < -0.4 is 4.90 Å². The Morgan fingerprint density at radius 1 is 0.250 bits per heavy atom. The highest BCUT2D eigenvalue weighted by molar-refractivity contribution is 5.92. The number of hydrogen-bond acceptors (Lipinski definition) is 1. The molecule has 0 bridgehead atoms. The van der Waals surface area contributed by atoms with Gasteiger partial charge in [-0.2, -0.15) is 0 Å². The van der Waals surface area contributed by atoms with Gasteiger partial charge in [-0.3, -0.25) is 0 Å². The molecule has 10 aromatic rings. The van der Waals surface area contributed by atoms with E-state index in [2.05, 4.69) is 267 Å². The summed E-state index contributed by atoms with van der Waals surface area (Å²) in [7, 11) is 0. The van der Waals surface area contributed by atoms with Gasteiger partial charge in [-0.05, 0) is 120 Å². The lowest BCUT2D eigenvalue weighted by Crippen LogP contribution is -2.17. The van der Waals surface area contributed by atoms with Crippen molar-refractivity contribution < 1.29 is 0 Å². The van der Waals surface area contributed by atoms with Gasteiger partial charge in [0, 0.05) is 22.4 Å². The molecule has 1 aliphatic rings. The summed E-state index contributed by atoms with van der Waals surface area (Å²) >= 11 is 0. The van der Waals surface area contributed by atoms with Crippen molar-refractivity contribution in [2.24, 2.45) is 0 Å². The van der Waals surface area contributed by atoms with Crippen LogP contribution in [-0.2, 0) is 5.41 Å². The van der Waals surface area contributed by atoms with Gasteiger partial charge in [-0.15, -0.1) is 0 Å². The first kappa shape index (κ1) is 38.9. The average molecular weight is 818 g/mol. The van der Waals surface area contributed by atoms with Crippen molar-refractivity contribution in [3.63, 3.8) is 0 Å². The van der Waals surface area contributed by atoms with Crippen LogP contribution in [0.5, 0.6) is 0 Å². The van der Waals surface area contributed by atoms with Gasteiger partial charge in [0.1, 0.15) is 0 Å². The van der Waals surface area contributed by atoms with Crippen molar-refractivity contribution in [1.29, 1.82) is 0 Å². The molecule has 0 spiro atoms. The van der Waals surface area contributed by atoms with E-state index in [-0.39, 0.29) is 5.41 Å². The first-order valence-electron chi connectivity index (χ1n) is 22.2. The maximum atomic E-state index is 2.45. The molecule has 1 heteroatoms. The molecular formula is C63H47N. The first-order chi connectivity index (χ1) is 31.5. The molecule has 0 radical (unpaired) electrons. The molecule has 1 nitrogen and oxygen atoms in total. The topological polar surface area (TPSA) is 3.24 Å². The van der Waals surface area contributed by atoms with Gasteiger partial charge in [-0.25, -0.2) is 0 Å². The summed E-state index contributed by atoms with van der Waals surface area (Å²) < 4.78 is 0. The van der Waals surface area contributed by atoms with Gasteiger partial charge in [0.25, 0.3) is 0 Å². The second-order valence-electron chi connectivity index (χ2n) is 17.3. The van der Waals surface area contributed by atoms with Crippen molar-refractivity contribution in [3.05, 3.63) is 260 Å². The van der Waals surface area contributed by atoms with E-state index >= 15 is 0 Å². The monoisotopic (exact) mass is 817 g/mol. The average Bonchev–Trinajstić information content (AvgIpc) is 3.60. The smallest absolute Gasteiger partial charge is 0.0540 e. The zero-order chi connectivity index (χ0) is 43.0. The number of benzene rings is 10. The molecule has 0 atom stereocenters. The summed E-state index contributed by atoms with van der Waals surface area (Å²) in [6, 6.07) is 90.7. The molecule has 0 saturated heterocycles. The van der Waals surface area contributed by atoms with Crippen LogP contribution in [0, 0.1) is 0 Å². The largest absolute Gasteiger partial charge is 0.310 e. The Hall–Kier alpha value is -8.00. The number of fused-ring (bicyclic) bond motifs is 3. The fraction of sp³-hybridized carbons (Fsp3) is 0.0476. The van der Waals surface area contributed by atoms with Crippen molar-refractivity contribution in [1.82, 2.24) is 0 Å². The van der Waals surface area contributed by atoms with Gasteiger partial charge in [0.05, 0.1) is 5.69 Å². The Kier molecular flexibility index (Phi) is 9.94. The highest BCUT2D eigenvalue weighted by atomic mass is 15.1. The van der Waals surface area contributed by atoms with Crippen LogP contribution in [0.15, 0.2) is 249 Å². The van der Waals surface area contributed by atoms with Crippen LogP contribution in [-0.4, -0.2) is 0 Å². The first-order valence-corrected chi connectivity index (χ1v) is 22.2. The molecule has 0 fully saturated rings. The van der Waals surface area contributed by atoms with Gasteiger partial charge >= 0.3 is 0 Å². The van der Waals surface area contributed by atoms with Crippen LogP contribution >= 0.6 is 0 Å². The highest BCUT2D eigenvalue weighted by Gasteiger charge is 2.36. The van der Waals surface area contributed by atoms with E-state index in [0.29, 0.717) is 0 Å².